The van der Waals surface area contributed by atoms with E-state index in [4.69, 9.17) is 0 Å². The molecule has 0 aliphatic heterocycles. The predicted octanol–water partition coefficient (Wildman–Crippen LogP) is 2.50. The standard InChI is InChI=1S/C15H21NO3S/c1-10-8-12(13(9-10)15(18)19)14(17)16(2)6-5-11-4-3-7-20-11/h3-4,7,10,12-13H,5-6,8-9H2,1-2H3,(H,18,19)/t10?,12-,13+/m0/s1. The lowest BCUT2D eigenvalue weighted by Gasteiger charge is -2.23. The number of nitrogens with zero attached hydrogens (tertiary/aromatic N) is 1. The minimum Gasteiger partial charge on any atom is -0.481 e. The van der Waals surface area contributed by atoms with Gasteiger partial charge in [0.1, 0.15) is 0 Å². The molecule has 1 heterocycles. The van der Waals surface area contributed by atoms with Gasteiger partial charge in [0.25, 0.3) is 0 Å². The molecular formula is C15H21NO3S. The fourth-order valence-corrected chi connectivity index (χ4v) is 3.66. The number of carboxylic acid groups (broad SMARTS) is 1. The van der Waals surface area contributed by atoms with Crippen LogP contribution in [-0.2, 0) is 16.0 Å². The number of thiophene rings is 1. The van der Waals surface area contributed by atoms with Gasteiger partial charge in [0.15, 0.2) is 0 Å². The molecule has 1 fully saturated rings. The molecule has 0 spiro atoms. The molecule has 1 unspecified atom stereocenters. The molecule has 1 aliphatic rings. The van der Waals surface area contributed by atoms with Crippen LogP contribution in [0, 0.1) is 17.8 Å². The lowest BCUT2D eigenvalue weighted by molar-refractivity contribution is -0.148. The maximum absolute atomic E-state index is 12.4. The number of carbonyl (C=O) groups is 2. The highest BCUT2D eigenvalue weighted by molar-refractivity contribution is 7.09. The molecule has 3 atom stereocenters. The molecule has 0 saturated heterocycles. The molecule has 0 aromatic carbocycles. The summed E-state index contributed by atoms with van der Waals surface area (Å²) in [4.78, 5) is 26.6. The summed E-state index contributed by atoms with van der Waals surface area (Å²) in [6.45, 7) is 2.67. The Morgan fingerprint density at radius 3 is 2.70 bits per heavy atom. The number of carboxylic acids is 1. The number of hydrogen-bond acceptors (Lipinski definition) is 3. The summed E-state index contributed by atoms with van der Waals surface area (Å²) in [5, 5.41) is 11.3. The van der Waals surface area contributed by atoms with E-state index >= 15 is 0 Å². The maximum Gasteiger partial charge on any atom is 0.307 e. The average Bonchev–Trinajstić information content (AvgIpc) is 3.03. The van der Waals surface area contributed by atoms with Gasteiger partial charge in [-0.25, -0.2) is 0 Å². The van der Waals surface area contributed by atoms with E-state index in [9.17, 15) is 14.7 Å². The van der Waals surface area contributed by atoms with E-state index in [1.165, 1.54) is 4.88 Å². The van der Waals surface area contributed by atoms with Gasteiger partial charge in [-0.1, -0.05) is 13.0 Å². The van der Waals surface area contributed by atoms with Crippen molar-refractivity contribution in [3.05, 3.63) is 22.4 Å². The Hall–Kier alpha value is -1.36. The van der Waals surface area contributed by atoms with Crippen LogP contribution in [0.5, 0.6) is 0 Å². The molecule has 1 N–H and O–H groups in total. The van der Waals surface area contributed by atoms with Crippen LogP contribution in [0.1, 0.15) is 24.6 Å². The molecule has 1 amide bonds. The highest BCUT2D eigenvalue weighted by Crippen LogP contribution is 2.37. The van der Waals surface area contributed by atoms with Gasteiger partial charge in [0, 0.05) is 18.5 Å². The van der Waals surface area contributed by atoms with Crippen molar-refractivity contribution in [2.24, 2.45) is 17.8 Å². The van der Waals surface area contributed by atoms with Gasteiger partial charge in [-0.3, -0.25) is 9.59 Å². The van der Waals surface area contributed by atoms with E-state index in [-0.39, 0.29) is 11.8 Å². The summed E-state index contributed by atoms with van der Waals surface area (Å²) in [6, 6.07) is 4.06. The van der Waals surface area contributed by atoms with E-state index in [1.807, 2.05) is 18.4 Å². The van der Waals surface area contributed by atoms with Crippen LogP contribution < -0.4 is 0 Å². The van der Waals surface area contributed by atoms with Gasteiger partial charge in [-0.2, -0.15) is 0 Å². The third-order valence-corrected chi connectivity index (χ3v) is 5.02. The van der Waals surface area contributed by atoms with E-state index in [0.717, 1.165) is 6.42 Å². The van der Waals surface area contributed by atoms with Crippen LogP contribution in [0.25, 0.3) is 0 Å². The lowest BCUT2D eigenvalue weighted by atomic mass is 9.95. The second-order valence-electron chi connectivity index (χ2n) is 5.72. The Morgan fingerprint density at radius 2 is 2.10 bits per heavy atom. The molecule has 4 nitrogen and oxygen atoms in total. The van der Waals surface area contributed by atoms with Crippen LogP contribution in [0.3, 0.4) is 0 Å². The fourth-order valence-electron chi connectivity index (χ4n) is 2.96. The van der Waals surface area contributed by atoms with Gasteiger partial charge in [-0.05, 0) is 36.6 Å². The largest absolute Gasteiger partial charge is 0.481 e. The number of hydrogen-bond donors (Lipinski definition) is 1. The average molecular weight is 295 g/mol. The van der Waals surface area contributed by atoms with Gasteiger partial charge in [0.05, 0.1) is 11.8 Å². The summed E-state index contributed by atoms with van der Waals surface area (Å²) in [7, 11) is 1.78. The van der Waals surface area contributed by atoms with E-state index in [2.05, 4.69) is 6.07 Å². The van der Waals surface area contributed by atoms with Crippen LogP contribution in [0.2, 0.25) is 0 Å². The van der Waals surface area contributed by atoms with Crippen molar-refractivity contribution in [3.8, 4) is 0 Å². The SMILES string of the molecule is CC1C[C@H](C(=O)N(C)CCc2cccs2)[C@H](C(=O)O)C1. The highest BCUT2D eigenvalue weighted by atomic mass is 32.1. The van der Waals surface area contributed by atoms with E-state index in [1.54, 1.807) is 23.3 Å². The Kier molecular flexibility index (Phi) is 4.81. The number of aliphatic carboxylic acids is 1. The first kappa shape index (κ1) is 15.0. The summed E-state index contributed by atoms with van der Waals surface area (Å²) in [5.41, 5.74) is 0. The molecular weight excluding hydrogens is 274 g/mol. The van der Waals surface area contributed by atoms with Gasteiger partial charge < -0.3 is 10.0 Å². The number of amides is 1. The first-order chi connectivity index (χ1) is 9.49. The quantitative estimate of drug-likeness (QED) is 0.908. The summed E-state index contributed by atoms with van der Waals surface area (Å²) >= 11 is 1.68. The van der Waals surface area contributed by atoms with Crippen molar-refractivity contribution in [3.63, 3.8) is 0 Å². The van der Waals surface area contributed by atoms with Crippen LogP contribution in [0.4, 0.5) is 0 Å². The maximum atomic E-state index is 12.4. The van der Waals surface area contributed by atoms with Crippen molar-refractivity contribution in [1.29, 1.82) is 0 Å². The van der Waals surface area contributed by atoms with Crippen molar-refractivity contribution >= 4 is 23.2 Å². The molecule has 20 heavy (non-hydrogen) atoms. The molecule has 0 bridgehead atoms. The zero-order valence-electron chi connectivity index (χ0n) is 11.9. The van der Waals surface area contributed by atoms with E-state index < -0.39 is 11.9 Å². The van der Waals surface area contributed by atoms with E-state index in [0.29, 0.717) is 25.3 Å². The van der Waals surface area contributed by atoms with Gasteiger partial charge in [0.2, 0.25) is 5.91 Å². The molecule has 5 heteroatoms. The van der Waals surface area contributed by atoms with Gasteiger partial charge >= 0.3 is 5.97 Å². The third-order valence-electron chi connectivity index (χ3n) is 4.08. The molecule has 0 radical (unpaired) electrons. The molecule has 1 aliphatic carbocycles. The summed E-state index contributed by atoms with van der Waals surface area (Å²) < 4.78 is 0. The molecule has 110 valence electrons. The van der Waals surface area contributed by atoms with Gasteiger partial charge in [-0.15, -0.1) is 11.3 Å². The smallest absolute Gasteiger partial charge is 0.307 e. The van der Waals surface area contributed by atoms with Crippen LogP contribution >= 0.6 is 11.3 Å². The minimum absolute atomic E-state index is 0.0155. The Balaban J connectivity index is 1.93. The first-order valence-corrected chi connectivity index (χ1v) is 7.87. The number of rotatable bonds is 5. The highest BCUT2D eigenvalue weighted by Gasteiger charge is 2.42. The van der Waals surface area contributed by atoms with Crippen molar-refractivity contribution in [2.75, 3.05) is 13.6 Å². The summed E-state index contributed by atoms with van der Waals surface area (Å²) in [6.07, 6.45) is 2.14. The summed E-state index contributed by atoms with van der Waals surface area (Å²) in [5.74, 6) is -1.40. The van der Waals surface area contributed by atoms with Crippen molar-refractivity contribution < 1.29 is 14.7 Å². The lowest BCUT2D eigenvalue weighted by Crippen LogP contribution is -2.37. The molecule has 2 rings (SSSR count). The predicted molar refractivity (Wildman–Crippen MR) is 78.7 cm³/mol. The Labute approximate surface area is 123 Å². The monoisotopic (exact) mass is 295 g/mol. The number of carbonyl (C=O) groups excluding carboxylic acids is 1. The zero-order chi connectivity index (χ0) is 14.7. The second-order valence-corrected chi connectivity index (χ2v) is 6.75. The molecule has 1 aromatic heterocycles. The van der Waals surface area contributed by atoms with Crippen molar-refractivity contribution in [2.45, 2.75) is 26.2 Å². The fraction of sp³-hybridized carbons (Fsp3) is 0.600. The molecule has 1 saturated carbocycles. The minimum atomic E-state index is -0.834. The van der Waals surface area contributed by atoms with Crippen molar-refractivity contribution in [1.82, 2.24) is 4.90 Å². The first-order valence-electron chi connectivity index (χ1n) is 6.99. The Morgan fingerprint density at radius 1 is 1.40 bits per heavy atom. The third kappa shape index (κ3) is 3.39. The topological polar surface area (TPSA) is 57.6 Å². The molecule has 1 aromatic rings. The second kappa shape index (κ2) is 6.39. The Bertz CT molecular complexity index is 471. The normalized spacial score (nSPS) is 25.6. The zero-order valence-corrected chi connectivity index (χ0v) is 12.7. The van der Waals surface area contributed by atoms with Crippen LogP contribution in [0.15, 0.2) is 17.5 Å². The number of likely N-dealkylation sites (N-methyl/N-ethyl adjacent to an activating group) is 1. The van der Waals surface area contributed by atoms with Crippen LogP contribution in [-0.4, -0.2) is 35.5 Å².